The van der Waals surface area contributed by atoms with Gasteiger partial charge in [-0.05, 0) is 36.4 Å². The molecule has 0 unspecified atom stereocenters. The zero-order valence-electron chi connectivity index (χ0n) is 11.1. The molecule has 0 heterocycles. The van der Waals surface area contributed by atoms with Gasteiger partial charge in [0.05, 0.1) is 12.8 Å². The first-order valence-corrected chi connectivity index (χ1v) is 6.14. The fraction of sp³-hybridized carbons (Fsp3) is 0.200. The third-order valence-electron chi connectivity index (χ3n) is 2.65. The molecule has 0 fully saturated rings. The zero-order chi connectivity index (χ0) is 14.4. The topological polar surface area (TPSA) is 53.7 Å². The second-order valence-corrected chi connectivity index (χ2v) is 4.06. The first kappa shape index (κ1) is 14.0. The maximum atomic E-state index is 13.2. The first-order valence-electron chi connectivity index (χ1n) is 6.14. The van der Waals surface area contributed by atoms with E-state index in [1.807, 2.05) is 24.3 Å². The van der Waals surface area contributed by atoms with Crippen molar-refractivity contribution in [2.45, 2.75) is 0 Å². The Bertz CT molecular complexity index is 558. The molecule has 0 amide bonds. The summed E-state index contributed by atoms with van der Waals surface area (Å²) in [6.45, 7) is 0.674. The van der Waals surface area contributed by atoms with E-state index in [0.717, 1.165) is 11.5 Å². The Morgan fingerprint density at radius 2 is 1.45 bits per heavy atom. The van der Waals surface area contributed by atoms with E-state index in [1.165, 1.54) is 12.1 Å². The van der Waals surface area contributed by atoms with Crippen LogP contribution in [0.2, 0.25) is 0 Å². The monoisotopic (exact) mass is 277 g/mol. The van der Waals surface area contributed by atoms with Crippen LogP contribution in [0.15, 0.2) is 42.5 Å². The molecule has 0 atom stereocenters. The summed E-state index contributed by atoms with van der Waals surface area (Å²) in [4.78, 5) is 0. The zero-order valence-corrected chi connectivity index (χ0v) is 11.1. The van der Waals surface area contributed by atoms with Crippen molar-refractivity contribution in [3.63, 3.8) is 0 Å². The lowest BCUT2D eigenvalue weighted by Crippen LogP contribution is -2.09. The van der Waals surface area contributed by atoms with E-state index in [-0.39, 0.29) is 5.69 Å². The van der Waals surface area contributed by atoms with E-state index in [9.17, 15) is 4.39 Å². The van der Waals surface area contributed by atoms with E-state index in [1.54, 1.807) is 13.2 Å². The lowest BCUT2D eigenvalue weighted by molar-refractivity contribution is 0.216. The molecular weight excluding hydrogens is 261 g/mol. The van der Waals surface area contributed by atoms with Gasteiger partial charge in [-0.3, -0.25) is 0 Å². The van der Waals surface area contributed by atoms with Crippen LogP contribution >= 0.6 is 0 Å². The first-order chi connectivity index (χ1) is 9.69. The summed E-state index contributed by atoms with van der Waals surface area (Å²) in [5.74, 6) is 1.43. The molecule has 0 aliphatic carbocycles. The number of halogens is 1. The van der Waals surface area contributed by atoms with Crippen LogP contribution in [-0.4, -0.2) is 20.3 Å². The summed E-state index contributed by atoms with van der Waals surface area (Å²) in [5.41, 5.74) is 5.48. The maximum absolute atomic E-state index is 13.2. The molecular formula is C15H16FNO3. The standard InChI is InChI=1S/C15H16FNO3/c1-18-11-2-4-12(5-3-11)19-8-9-20-13-6-7-15(17)14(16)10-13/h2-7,10H,8-9,17H2,1H3. The molecule has 20 heavy (non-hydrogen) atoms. The van der Waals surface area contributed by atoms with Gasteiger partial charge in [0.15, 0.2) is 0 Å². The lowest BCUT2D eigenvalue weighted by Gasteiger charge is -2.09. The van der Waals surface area contributed by atoms with Crippen molar-refractivity contribution < 1.29 is 18.6 Å². The smallest absolute Gasteiger partial charge is 0.149 e. The molecule has 4 nitrogen and oxygen atoms in total. The van der Waals surface area contributed by atoms with Crippen molar-refractivity contribution in [2.75, 3.05) is 26.1 Å². The Balaban J connectivity index is 1.76. The van der Waals surface area contributed by atoms with Crippen LogP contribution in [0.25, 0.3) is 0 Å². The fourth-order valence-electron chi connectivity index (χ4n) is 1.59. The van der Waals surface area contributed by atoms with Gasteiger partial charge in [-0.25, -0.2) is 4.39 Å². The van der Waals surface area contributed by atoms with E-state index < -0.39 is 5.82 Å². The molecule has 0 aromatic heterocycles. The van der Waals surface area contributed by atoms with Crippen LogP contribution in [0, 0.1) is 5.82 Å². The van der Waals surface area contributed by atoms with E-state index in [2.05, 4.69) is 0 Å². The van der Waals surface area contributed by atoms with Crippen molar-refractivity contribution in [2.24, 2.45) is 0 Å². The molecule has 0 radical (unpaired) electrons. The molecule has 0 bridgehead atoms. The molecule has 2 rings (SSSR count). The number of anilines is 1. The van der Waals surface area contributed by atoms with Gasteiger partial charge in [0.25, 0.3) is 0 Å². The van der Waals surface area contributed by atoms with Crippen LogP contribution in [0.4, 0.5) is 10.1 Å². The summed E-state index contributed by atoms with van der Waals surface area (Å²) < 4.78 is 29.1. The highest BCUT2D eigenvalue weighted by atomic mass is 19.1. The van der Waals surface area contributed by atoms with Gasteiger partial charge in [0.1, 0.15) is 36.3 Å². The van der Waals surface area contributed by atoms with Crippen LogP contribution in [0.3, 0.4) is 0 Å². The molecule has 106 valence electrons. The molecule has 0 aliphatic heterocycles. The third kappa shape index (κ3) is 3.78. The number of nitrogens with two attached hydrogens (primary N) is 1. The molecule has 5 heteroatoms. The minimum Gasteiger partial charge on any atom is -0.497 e. The third-order valence-corrected chi connectivity index (χ3v) is 2.65. The Kier molecular flexibility index (Phi) is 4.65. The average molecular weight is 277 g/mol. The predicted molar refractivity (Wildman–Crippen MR) is 74.8 cm³/mol. The number of nitrogen functional groups attached to an aromatic ring is 1. The summed E-state index contributed by atoms with van der Waals surface area (Å²) in [5, 5.41) is 0. The summed E-state index contributed by atoms with van der Waals surface area (Å²) in [7, 11) is 1.61. The van der Waals surface area contributed by atoms with E-state index in [0.29, 0.717) is 19.0 Å². The van der Waals surface area contributed by atoms with Crippen molar-refractivity contribution in [1.82, 2.24) is 0 Å². The summed E-state index contributed by atoms with van der Waals surface area (Å²) in [6, 6.07) is 11.6. The second kappa shape index (κ2) is 6.65. The van der Waals surface area contributed by atoms with Crippen LogP contribution in [0.5, 0.6) is 17.2 Å². The number of hydrogen-bond donors (Lipinski definition) is 1. The molecule has 0 aliphatic rings. The molecule has 2 aromatic rings. The highest BCUT2D eigenvalue weighted by Crippen LogP contribution is 2.19. The van der Waals surface area contributed by atoms with E-state index >= 15 is 0 Å². The molecule has 2 aromatic carbocycles. The van der Waals surface area contributed by atoms with E-state index in [4.69, 9.17) is 19.9 Å². The number of methoxy groups -OCH3 is 1. The minimum atomic E-state index is -0.487. The Labute approximate surface area is 116 Å². The SMILES string of the molecule is COc1ccc(OCCOc2ccc(N)c(F)c2)cc1. The van der Waals surface area contributed by atoms with Gasteiger partial charge in [0, 0.05) is 6.07 Å². The quantitative estimate of drug-likeness (QED) is 0.651. The highest BCUT2D eigenvalue weighted by Gasteiger charge is 2.01. The van der Waals surface area contributed by atoms with Crippen molar-refractivity contribution in [3.05, 3.63) is 48.3 Å². The fourth-order valence-corrected chi connectivity index (χ4v) is 1.59. The average Bonchev–Trinajstić information content (AvgIpc) is 2.48. The molecule has 2 N–H and O–H groups in total. The van der Waals surface area contributed by atoms with Crippen LogP contribution in [-0.2, 0) is 0 Å². The molecule has 0 saturated heterocycles. The van der Waals surface area contributed by atoms with Gasteiger partial charge >= 0.3 is 0 Å². The summed E-state index contributed by atoms with van der Waals surface area (Å²) >= 11 is 0. The highest BCUT2D eigenvalue weighted by molar-refractivity contribution is 5.43. The van der Waals surface area contributed by atoms with Crippen molar-refractivity contribution in [1.29, 1.82) is 0 Å². The lowest BCUT2D eigenvalue weighted by atomic mass is 10.3. The van der Waals surface area contributed by atoms with Gasteiger partial charge in [0.2, 0.25) is 0 Å². The van der Waals surface area contributed by atoms with Gasteiger partial charge in [-0.15, -0.1) is 0 Å². The van der Waals surface area contributed by atoms with Gasteiger partial charge < -0.3 is 19.9 Å². The predicted octanol–water partition coefficient (Wildman–Crippen LogP) is 2.87. The Morgan fingerprint density at radius 1 is 0.900 bits per heavy atom. The number of rotatable bonds is 6. The second-order valence-electron chi connectivity index (χ2n) is 4.06. The maximum Gasteiger partial charge on any atom is 0.149 e. The number of ether oxygens (including phenoxy) is 3. The van der Waals surface area contributed by atoms with Crippen molar-refractivity contribution in [3.8, 4) is 17.2 Å². The Morgan fingerprint density at radius 3 is 2.05 bits per heavy atom. The van der Waals surface area contributed by atoms with Gasteiger partial charge in [-0.1, -0.05) is 0 Å². The van der Waals surface area contributed by atoms with Crippen LogP contribution < -0.4 is 19.9 Å². The summed E-state index contributed by atoms with van der Waals surface area (Å²) in [6.07, 6.45) is 0. The number of benzene rings is 2. The largest absolute Gasteiger partial charge is 0.497 e. The normalized spacial score (nSPS) is 10.1. The minimum absolute atomic E-state index is 0.104. The van der Waals surface area contributed by atoms with Crippen molar-refractivity contribution >= 4 is 5.69 Å². The number of hydrogen-bond acceptors (Lipinski definition) is 4. The Hall–Kier alpha value is -2.43. The molecule has 0 saturated carbocycles. The molecule has 0 spiro atoms. The van der Waals surface area contributed by atoms with Crippen LogP contribution in [0.1, 0.15) is 0 Å². The van der Waals surface area contributed by atoms with Gasteiger partial charge in [-0.2, -0.15) is 0 Å².